The van der Waals surface area contributed by atoms with E-state index in [2.05, 4.69) is 23.0 Å². The fraction of sp³-hybridized carbons (Fsp3) is 0.300. The summed E-state index contributed by atoms with van der Waals surface area (Å²) < 4.78 is 15.3. The summed E-state index contributed by atoms with van der Waals surface area (Å²) in [7, 11) is 2.06. The molecule has 1 aromatic heterocycles. The number of amides is 1. The third-order valence-electron chi connectivity index (χ3n) is 4.67. The number of nitrogens with one attached hydrogen (secondary N) is 1. The first-order chi connectivity index (χ1) is 12.1. The van der Waals surface area contributed by atoms with Gasteiger partial charge in [-0.25, -0.2) is 9.37 Å². The lowest BCUT2D eigenvalue weighted by Crippen LogP contribution is -2.24. The Morgan fingerprint density at radius 2 is 2.08 bits per heavy atom. The van der Waals surface area contributed by atoms with E-state index in [0.717, 1.165) is 22.4 Å². The Hall–Kier alpha value is -2.69. The van der Waals surface area contributed by atoms with Gasteiger partial charge in [-0.3, -0.25) is 4.79 Å². The van der Waals surface area contributed by atoms with Crippen LogP contribution in [-0.4, -0.2) is 15.5 Å². The molecule has 2 aromatic carbocycles. The molecule has 1 saturated carbocycles. The molecule has 1 N–H and O–H groups in total. The summed E-state index contributed by atoms with van der Waals surface area (Å²) in [5, 5.41) is 2.89. The summed E-state index contributed by atoms with van der Waals surface area (Å²) in [6, 6.07) is 12.2. The van der Waals surface area contributed by atoms with Gasteiger partial charge in [-0.05, 0) is 48.2 Å². The second-order valence-electron chi connectivity index (χ2n) is 6.71. The van der Waals surface area contributed by atoms with Crippen molar-refractivity contribution < 1.29 is 9.18 Å². The number of rotatable bonds is 5. The zero-order valence-electron chi connectivity index (χ0n) is 14.1. The van der Waals surface area contributed by atoms with Gasteiger partial charge in [0.15, 0.2) is 0 Å². The number of carbonyl (C=O) groups excluding carboxylic acids is 1. The molecule has 0 spiro atoms. The van der Waals surface area contributed by atoms with E-state index in [9.17, 15) is 9.18 Å². The zero-order chi connectivity index (χ0) is 17.4. The predicted molar refractivity (Wildman–Crippen MR) is 94.6 cm³/mol. The highest BCUT2D eigenvalue weighted by atomic mass is 19.1. The van der Waals surface area contributed by atoms with E-state index in [1.807, 2.05) is 12.1 Å². The summed E-state index contributed by atoms with van der Waals surface area (Å²) in [5.41, 5.74) is 3.78. The normalized spacial score (nSPS) is 14.0. The smallest absolute Gasteiger partial charge is 0.224 e. The van der Waals surface area contributed by atoms with Crippen molar-refractivity contribution in [1.82, 2.24) is 14.9 Å². The van der Waals surface area contributed by atoms with Crippen LogP contribution in [0.3, 0.4) is 0 Å². The standard InChI is InChI=1S/C20H20FN3O/c1-24-18-8-5-14(10-17(18)23-20(24)15-6-7-15)12-22-19(25)11-13-3-2-4-16(21)9-13/h2-5,8-10,15H,6-7,11-12H2,1H3,(H,22,25). The summed E-state index contributed by atoms with van der Waals surface area (Å²) in [6.45, 7) is 0.444. The number of fused-ring (bicyclic) bond motifs is 1. The number of hydrogen-bond acceptors (Lipinski definition) is 2. The van der Waals surface area contributed by atoms with E-state index in [1.54, 1.807) is 12.1 Å². The van der Waals surface area contributed by atoms with Crippen molar-refractivity contribution in [2.24, 2.45) is 7.05 Å². The zero-order valence-corrected chi connectivity index (χ0v) is 14.1. The number of nitrogens with zero attached hydrogens (tertiary/aromatic N) is 2. The van der Waals surface area contributed by atoms with Crippen molar-refractivity contribution in [2.75, 3.05) is 0 Å². The van der Waals surface area contributed by atoms with Gasteiger partial charge in [0, 0.05) is 19.5 Å². The van der Waals surface area contributed by atoms with Gasteiger partial charge in [0.25, 0.3) is 0 Å². The second kappa shape index (κ2) is 6.31. The topological polar surface area (TPSA) is 46.9 Å². The Morgan fingerprint density at radius 1 is 1.24 bits per heavy atom. The van der Waals surface area contributed by atoms with Crippen LogP contribution in [0.15, 0.2) is 42.5 Å². The largest absolute Gasteiger partial charge is 0.352 e. The molecule has 5 heteroatoms. The molecule has 0 saturated heterocycles. The van der Waals surface area contributed by atoms with Crippen LogP contribution in [0.5, 0.6) is 0 Å². The number of halogens is 1. The average molecular weight is 337 g/mol. The quantitative estimate of drug-likeness (QED) is 0.775. The molecule has 4 nitrogen and oxygen atoms in total. The van der Waals surface area contributed by atoms with Crippen LogP contribution in [0.2, 0.25) is 0 Å². The van der Waals surface area contributed by atoms with Crippen LogP contribution >= 0.6 is 0 Å². The van der Waals surface area contributed by atoms with Gasteiger partial charge >= 0.3 is 0 Å². The molecule has 3 aromatic rings. The van der Waals surface area contributed by atoms with E-state index in [-0.39, 0.29) is 18.1 Å². The molecule has 1 amide bonds. The van der Waals surface area contributed by atoms with Crippen molar-refractivity contribution in [3.8, 4) is 0 Å². The second-order valence-corrected chi connectivity index (χ2v) is 6.71. The molecule has 1 heterocycles. The molecular formula is C20H20FN3O. The van der Waals surface area contributed by atoms with Crippen LogP contribution in [0.25, 0.3) is 11.0 Å². The lowest BCUT2D eigenvalue weighted by atomic mass is 10.1. The minimum absolute atomic E-state index is 0.120. The first-order valence-electron chi connectivity index (χ1n) is 8.56. The molecule has 0 atom stereocenters. The summed E-state index contributed by atoms with van der Waals surface area (Å²) >= 11 is 0. The SMILES string of the molecule is Cn1c(C2CC2)nc2cc(CNC(=O)Cc3cccc(F)c3)ccc21. The molecule has 25 heavy (non-hydrogen) atoms. The fourth-order valence-corrected chi connectivity index (χ4v) is 3.18. The number of imidazole rings is 1. The highest BCUT2D eigenvalue weighted by molar-refractivity contribution is 5.79. The van der Waals surface area contributed by atoms with Gasteiger partial charge in [-0.2, -0.15) is 0 Å². The molecular weight excluding hydrogens is 317 g/mol. The van der Waals surface area contributed by atoms with Crippen molar-refractivity contribution in [3.63, 3.8) is 0 Å². The van der Waals surface area contributed by atoms with Crippen LogP contribution < -0.4 is 5.32 Å². The third-order valence-corrected chi connectivity index (χ3v) is 4.67. The van der Waals surface area contributed by atoms with E-state index in [1.165, 1.54) is 25.0 Å². The molecule has 128 valence electrons. The fourth-order valence-electron chi connectivity index (χ4n) is 3.18. The lowest BCUT2D eigenvalue weighted by Gasteiger charge is -2.06. The van der Waals surface area contributed by atoms with Crippen LogP contribution in [0.1, 0.15) is 35.7 Å². The van der Waals surface area contributed by atoms with Gasteiger partial charge in [0.1, 0.15) is 11.6 Å². The average Bonchev–Trinajstić information content (AvgIpc) is 3.38. The van der Waals surface area contributed by atoms with Gasteiger partial charge in [-0.1, -0.05) is 18.2 Å². The predicted octanol–water partition coefficient (Wildman–Crippen LogP) is 3.45. The maximum absolute atomic E-state index is 13.2. The molecule has 0 unspecified atom stereocenters. The van der Waals surface area contributed by atoms with Gasteiger partial charge < -0.3 is 9.88 Å². The minimum Gasteiger partial charge on any atom is -0.352 e. The highest BCUT2D eigenvalue weighted by Gasteiger charge is 2.28. The van der Waals surface area contributed by atoms with E-state index < -0.39 is 0 Å². The molecule has 0 radical (unpaired) electrons. The maximum Gasteiger partial charge on any atom is 0.224 e. The third kappa shape index (κ3) is 3.40. The van der Waals surface area contributed by atoms with Crippen LogP contribution in [0, 0.1) is 5.82 Å². The van der Waals surface area contributed by atoms with Gasteiger partial charge in [0.05, 0.1) is 17.5 Å². The van der Waals surface area contributed by atoms with Crippen LogP contribution in [0.4, 0.5) is 4.39 Å². The molecule has 1 aliphatic rings. The Balaban J connectivity index is 1.43. The van der Waals surface area contributed by atoms with E-state index in [4.69, 9.17) is 4.98 Å². The first kappa shape index (κ1) is 15.8. The number of hydrogen-bond donors (Lipinski definition) is 1. The molecule has 0 bridgehead atoms. The molecule has 1 aliphatic carbocycles. The van der Waals surface area contributed by atoms with E-state index in [0.29, 0.717) is 18.0 Å². The number of carbonyl (C=O) groups is 1. The van der Waals surface area contributed by atoms with Crippen molar-refractivity contribution in [1.29, 1.82) is 0 Å². The van der Waals surface area contributed by atoms with E-state index >= 15 is 0 Å². The summed E-state index contributed by atoms with van der Waals surface area (Å²) in [4.78, 5) is 16.8. The first-order valence-corrected chi connectivity index (χ1v) is 8.56. The number of aromatic nitrogens is 2. The van der Waals surface area contributed by atoms with Gasteiger partial charge in [-0.15, -0.1) is 0 Å². The Bertz CT molecular complexity index is 943. The Kier molecular flexibility index (Phi) is 3.99. The molecule has 4 rings (SSSR count). The number of aryl methyl sites for hydroxylation is 1. The highest BCUT2D eigenvalue weighted by Crippen LogP contribution is 2.40. The Morgan fingerprint density at radius 3 is 2.84 bits per heavy atom. The van der Waals surface area contributed by atoms with Crippen molar-refractivity contribution >= 4 is 16.9 Å². The minimum atomic E-state index is -0.322. The molecule has 1 fully saturated rings. The van der Waals surface area contributed by atoms with Crippen LogP contribution in [-0.2, 0) is 24.8 Å². The van der Waals surface area contributed by atoms with Crippen molar-refractivity contribution in [3.05, 3.63) is 65.2 Å². The van der Waals surface area contributed by atoms with Gasteiger partial charge in [0.2, 0.25) is 5.91 Å². The molecule has 0 aliphatic heterocycles. The summed E-state index contributed by atoms with van der Waals surface area (Å²) in [6.07, 6.45) is 2.62. The van der Waals surface area contributed by atoms with Crippen molar-refractivity contribution in [2.45, 2.75) is 31.7 Å². The monoisotopic (exact) mass is 337 g/mol. The Labute approximate surface area is 145 Å². The number of benzene rings is 2. The summed E-state index contributed by atoms with van der Waals surface area (Å²) in [5.74, 6) is 1.32. The lowest BCUT2D eigenvalue weighted by molar-refractivity contribution is -0.120. The maximum atomic E-state index is 13.2.